The minimum atomic E-state index is -0.128. The number of hydrogen-bond donors (Lipinski definition) is 0. The van der Waals surface area contributed by atoms with Crippen molar-refractivity contribution >= 4 is 29.0 Å². The molecule has 0 N–H and O–H groups in total. The molecule has 0 aliphatic carbocycles. The molecule has 1 fully saturated rings. The van der Waals surface area contributed by atoms with Crippen molar-refractivity contribution in [3.63, 3.8) is 0 Å². The molecule has 6 heteroatoms. The van der Waals surface area contributed by atoms with Crippen LogP contribution in [0.3, 0.4) is 0 Å². The molecule has 1 aliphatic rings. The van der Waals surface area contributed by atoms with Gasteiger partial charge in [-0.25, -0.2) is 4.98 Å². The zero-order valence-corrected chi connectivity index (χ0v) is 13.2. The summed E-state index contributed by atoms with van der Waals surface area (Å²) in [5.74, 6) is 0.693. The second-order valence-electron chi connectivity index (χ2n) is 4.97. The van der Waals surface area contributed by atoms with Gasteiger partial charge in [-0.05, 0) is 29.8 Å². The van der Waals surface area contributed by atoms with E-state index in [-0.39, 0.29) is 6.10 Å². The van der Waals surface area contributed by atoms with Gasteiger partial charge in [0.1, 0.15) is 18.0 Å². The highest BCUT2D eigenvalue weighted by molar-refractivity contribution is 6.42. The first-order valence-electron chi connectivity index (χ1n) is 6.85. The molecule has 1 aromatic carbocycles. The average Bonchev–Trinajstić information content (AvgIpc) is 2.57. The number of nitriles is 1. The summed E-state index contributed by atoms with van der Waals surface area (Å²) in [4.78, 5) is 6.40. The first-order valence-corrected chi connectivity index (χ1v) is 7.61. The topological polar surface area (TPSA) is 49.2 Å². The normalized spacial score (nSPS) is 18.0. The van der Waals surface area contributed by atoms with E-state index in [2.05, 4.69) is 16.0 Å². The Morgan fingerprint density at radius 1 is 1.27 bits per heavy atom. The first-order chi connectivity index (χ1) is 10.7. The van der Waals surface area contributed by atoms with Crippen LogP contribution in [0.5, 0.6) is 0 Å². The van der Waals surface area contributed by atoms with Crippen molar-refractivity contribution in [1.82, 2.24) is 4.98 Å². The Hall–Kier alpha value is -1.80. The van der Waals surface area contributed by atoms with Crippen LogP contribution in [0.1, 0.15) is 17.2 Å². The minimum Gasteiger partial charge on any atom is -0.370 e. The van der Waals surface area contributed by atoms with Gasteiger partial charge >= 0.3 is 0 Å². The van der Waals surface area contributed by atoms with Crippen molar-refractivity contribution < 1.29 is 4.74 Å². The van der Waals surface area contributed by atoms with Crippen molar-refractivity contribution in [2.75, 3.05) is 24.6 Å². The Kier molecular flexibility index (Phi) is 4.49. The maximum atomic E-state index is 9.22. The highest BCUT2D eigenvalue weighted by Gasteiger charge is 2.24. The molecule has 2 heterocycles. The summed E-state index contributed by atoms with van der Waals surface area (Å²) in [5.41, 5.74) is 1.53. The van der Waals surface area contributed by atoms with Gasteiger partial charge in [-0.15, -0.1) is 0 Å². The van der Waals surface area contributed by atoms with E-state index < -0.39 is 0 Å². The van der Waals surface area contributed by atoms with Crippen molar-refractivity contribution in [3.05, 3.63) is 57.7 Å². The number of ether oxygens (including phenoxy) is 1. The smallest absolute Gasteiger partial charge is 0.146 e. The third-order valence-electron chi connectivity index (χ3n) is 3.59. The fourth-order valence-corrected chi connectivity index (χ4v) is 2.80. The predicted octanol–water partition coefficient (Wildman–Crippen LogP) is 3.84. The Balaban J connectivity index is 1.85. The van der Waals surface area contributed by atoms with Gasteiger partial charge < -0.3 is 9.64 Å². The lowest BCUT2D eigenvalue weighted by Gasteiger charge is -2.34. The molecule has 1 aromatic heterocycles. The van der Waals surface area contributed by atoms with Crippen molar-refractivity contribution in [1.29, 1.82) is 5.26 Å². The summed E-state index contributed by atoms with van der Waals surface area (Å²) in [6, 6.07) is 11.2. The summed E-state index contributed by atoms with van der Waals surface area (Å²) in [6.07, 6.45) is 1.57. The lowest BCUT2D eigenvalue weighted by Crippen LogP contribution is -2.39. The quantitative estimate of drug-likeness (QED) is 0.837. The van der Waals surface area contributed by atoms with E-state index >= 15 is 0 Å². The molecule has 22 heavy (non-hydrogen) atoms. The Bertz CT molecular complexity index is 730. The maximum Gasteiger partial charge on any atom is 0.146 e. The van der Waals surface area contributed by atoms with E-state index in [0.29, 0.717) is 41.1 Å². The van der Waals surface area contributed by atoms with Gasteiger partial charge in [0, 0.05) is 19.3 Å². The molecule has 1 atom stereocenters. The summed E-state index contributed by atoms with van der Waals surface area (Å²) >= 11 is 12.0. The Labute approximate surface area is 138 Å². The molecule has 2 aromatic rings. The average molecular weight is 334 g/mol. The Morgan fingerprint density at radius 2 is 2.14 bits per heavy atom. The van der Waals surface area contributed by atoms with Crippen LogP contribution in [0, 0.1) is 11.3 Å². The molecule has 0 amide bonds. The van der Waals surface area contributed by atoms with E-state index in [0.717, 1.165) is 5.56 Å². The number of halogens is 2. The predicted molar refractivity (Wildman–Crippen MR) is 86.3 cm³/mol. The molecule has 4 nitrogen and oxygen atoms in total. The van der Waals surface area contributed by atoms with Gasteiger partial charge in [0.05, 0.1) is 22.2 Å². The minimum absolute atomic E-state index is 0.128. The van der Waals surface area contributed by atoms with Crippen LogP contribution in [0.4, 0.5) is 5.82 Å². The molecule has 0 radical (unpaired) electrons. The second-order valence-corrected chi connectivity index (χ2v) is 5.78. The molecule has 1 saturated heterocycles. The molecule has 0 unspecified atom stereocenters. The number of morpholine rings is 1. The van der Waals surface area contributed by atoms with Gasteiger partial charge in [0.25, 0.3) is 0 Å². The number of nitrogens with zero attached hydrogens (tertiary/aromatic N) is 3. The van der Waals surface area contributed by atoms with E-state index in [1.165, 1.54) is 0 Å². The molecular formula is C16H13Cl2N3O. The molecule has 3 rings (SSSR count). The van der Waals surface area contributed by atoms with E-state index in [9.17, 15) is 5.26 Å². The van der Waals surface area contributed by atoms with Crippen molar-refractivity contribution in [2.24, 2.45) is 0 Å². The van der Waals surface area contributed by atoms with Crippen LogP contribution in [-0.2, 0) is 4.74 Å². The molecule has 0 spiro atoms. The summed E-state index contributed by atoms with van der Waals surface area (Å²) in [5, 5.41) is 10.3. The highest BCUT2D eigenvalue weighted by atomic mass is 35.5. The third-order valence-corrected chi connectivity index (χ3v) is 4.33. The molecular weight excluding hydrogens is 321 g/mol. The lowest BCUT2D eigenvalue weighted by molar-refractivity contribution is 0.0395. The molecule has 112 valence electrons. The molecule has 1 aliphatic heterocycles. The lowest BCUT2D eigenvalue weighted by atomic mass is 10.1. The second kappa shape index (κ2) is 6.53. The standard InChI is InChI=1S/C16H13Cl2N3O/c17-13-4-3-11(8-14(13)18)15-10-21(6-7-22-15)16-12(9-19)2-1-5-20-16/h1-5,8,15H,6-7,10H2/t15-/m1/s1. The molecule has 0 bridgehead atoms. The molecule has 0 saturated carbocycles. The fraction of sp³-hybridized carbons (Fsp3) is 0.250. The largest absolute Gasteiger partial charge is 0.370 e. The van der Waals surface area contributed by atoms with E-state index in [1.54, 1.807) is 24.4 Å². The maximum absolute atomic E-state index is 9.22. The van der Waals surface area contributed by atoms with Gasteiger partial charge in [-0.3, -0.25) is 0 Å². The van der Waals surface area contributed by atoms with Crippen molar-refractivity contribution in [2.45, 2.75) is 6.10 Å². The number of benzene rings is 1. The van der Waals surface area contributed by atoms with E-state index in [1.807, 2.05) is 12.1 Å². The van der Waals surface area contributed by atoms with Gasteiger partial charge in [0.2, 0.25) is 0 Å². The highest BCUT2D eigenvalue weighted by Crippen LogP contribution is 2.30. The summed E-state index contributed by atoms with van der Waals surface area (Å²) in [6.45, 7) is 1.87. The van der Waals surface area contributed by atoms with Crippen LogP contribution >= 0.6 is 23.2 Å². The van der Waals surface area contributed by atoms with Gasteiger partial charge in [0.15, 0.2) is 0 Å². The van der Waals surface area contributed by atoms with E-state index in [4.69, 9.17) is 27.9 Å². The number of anilines is 1. The first kappa shape index (κ1) is 15.1. The van der Waals surface area contributed by atoms with Crippen LogP contribution < -0.4 is 4.90 Å². The van der Waals surface area contributed by atoms with Gasteiger partial charge in [-0.1, -0.05) is 29.3 Å². The zero-order valence-electron chi connectivity index (χ0n) is 11.7. The Morgan fingerprint density at radius 3 is 2.91 bits per heavy atom. The fourth-order valence-electron chi connectivity index (χ4n) is 2.49. The third kappa shape index (κ3) is 3.02. The van der Waals surface area contributed by atoms with Gasteiger partial charge in [-0.2, -0.15) is 5.26 Å². The van der Waals surface area contributed by atoms with Crippen LogP contribution in [0.2, 0.25) is 10.0 Å². The number of rotatable bonds is 2. The van der Waals surface area contributed by atoms with Crippen molar-refractivity contribution in [3.8, 4) is 6.07 Å². The number of aromatic nitrogens is 1. The summed E-state index contributed by atoms with van der Waals surface area (Å²) in [7, 11) is 0. The number of hydrogen-bond acceptors (Lipinski definition) is 4. The SMILES string of the molecule is N#Cc1cccnc1N1CCO[C@@H](c2ccc(Cl)c(Cl)c2)C1. The number of pyridine rings is 1. The van der Waals surface area contributed by atoms with Crippen LogP contribution in [-0.4, -0.2) is 24.7 Å². The van der Waals surface area contributed by atoms with Crippen LogP contribution in [0.15, 0.2) is 36.5 Å². The zero-order chi connectivity index (χ0) is 15.5. The monoisotopic (exact) mass is 333 g/mol. The van der Waals surface area contributed by atoms with Crippen LogP contribution in [0.25, 0.3) is 0 Å². The summed E-state index contributed by atoms with van der Waals surface area (Å²) < 4.78 is 5.83.